The summed E-state index contributed by atoms with van der Waals surface area (Å²) < 4.78 is 0. The highest BCUT2D eigenvalue weighted by atomic mass is 16.2. The fourth-order valence-electron chi connectivity index (χ4n) is 3.35. The Morgan fingerprint density at radius 2 is 2.00 bits per heavy atom. The molecular formula is C19H30N2O. The molecule has 1 aromatic rings. The lowest BCUT2D eigenvalue weighted by molar-refractivity contribution is -0.118. The van der Waals surface area contributed by atoms with Crippen LogP contribution in [0, 0.1) is 0 Å². The van der Waals surface area contributed by atoms with E-state index in [1.54, 1.807) is 0 Å². The van der Waals surface area contributed by atoms with Crippen LogP contribution >= 0.6 is 0 Å². The number of rotatable bonds is 4. The minimum atomic E-state index is 0.0287. The predicted octanol–water partition coefficient (Wildman–Crippen LogP) is 4.19. The van der Waals surface area contributed by atoms with Crippen LogP contribution in [-0.2, 0) is 10.2 Å². The van der Waals surface area contributed by atoms with Gasteiger partial charge in [-0.2, -0.15) is 0 Å². The number of carbonyl (C=O) groups excluding carboxylic acids is 1. The molecule has 1 heterocycles. The highest BCUT2D eigenvalue weighted by Gasteiger charge is 2.24. The minimum Gasteiger partial charge on any atom is -0.325 e. The smallest absolute Gasteiger partial charge is 0.238 e. The average Bonchev–Trinajstić information content (AvgIpc) is 2.47. The molecule has 3 heteroatoms. The van der Waals surface area contributed by atoms with Gasteiger partial charge in [-0.05, 0) is 42.9 Å². The number of nitrogens with one attached hydrogen (secondary N) is 1. The number of hydrogen-bond acceptors (Lipinski definition) is 2. The summed E-state index contributed by atoms with van der Waals surface area (Å²) in [4.78, 5) is 14.8. The largest absolute Gasteiger partial charge is 0.325 e. The predicted molar refractivity (Wildman–Crippen MR) is 93.3 cm³/mol. The summed E-state index contributed by atoms with van der Waals surface area (Å²) >= 11 is 0. The van der Waals surface area contributed by atoms with Crippen LogP contribution < -0.4 is 5.32 Å². The van der Waals surface area contributed by atoms with Crippen LogP contribution in [0.3, 0.4) is 0 Å². The van der Waals surface area contributed by atoms with Crippen molar-refractivity contribution in [2.75, 3.05) is 18.4 Å². The van der Waals surface area contributed by atoms with E-state index in [9.17, 15) is 4.79 Å². The summed E-state index contributed by atoms with van der Waals surface area (Å²) in [5.41, 5.74) is 2.17. The van der Waals surface area contributed by atoms with E-state index in [2.05, 4.69) is 44.0 Å². The van der Waals surface area contributed by atoms with Crippen molar-refractivity contribution in [1.82, 2.24) is 4.90 Å². The van der Waals surface area contributed by atoms with Gasteiger partial charge in [0, 0.05) is 11.7 Å². The van der Waals surface area contributed by atoms with Gasteiger partial charge >= 0.3 is 0 Å². The first-order valence-electron chi connectivity index (χ1n) is 8.55. The third kappa shape index (κ3) is 4.33. The molecule has 1 aromatic carbocycles. The van der Waals surface area contributed by atoms with E-state index in [1.165, 1.54) is 24.8 Å². The van der Waals surface area contributed by atoms with Gasteiger partial charge in [-0.25, -0.2) is 0 Å². The Balaban J connectivity index is 2.03. The van der Waals surface area contributed by atoms with Gasteiger partial charge in [0.15, 0.2) is 0 Å². The number of amides is 1. The van der Waals surface area contributed by atoms with E-state index in [1.807, 2.05) is 18.2 Å². The molecule has 0 aliphatic carbocycles. The standard InChI is InChI=1S/C19H30N2O/c1-5-15-10-8-9-13-21(15)14-18(22)20-17-12-7-6-11-16(17)19(2,3)4/h6-7,11-12,15H,5,8-10,13-14H2,1-4H3,(H,20,22). The van der Waals surface area contributed by atoms with Crippen LogP contribution in [0.15, 0.2) is 24.3 Å². The van der Waals surface area contributed by atoms with Crippen LogP contribution in [0.1, 0.15) is 58.9 Å². The van der Waals surface area contributed by atoms with Crippen LogP contribution in [0.2, 0.25) is 0 Å². The van der Waals surface area contributed by atoms with Gasteiger partial charge in [-0.15, -0.1) is 0 Å². The molecule has 1 fully saturated rings. The van der Waals surface area contributed by atoms with Gasteiger partial charge in [0.1, 0.15) is 0 Å². The topological polar surface area (TPSA) is 32.3 Å². The van der Waals surface area contributed by atoms with E-state index in [0.29, 0.717) is 12.6 Å². The zero-order chi connectivity index (χ0) is 16.2. The fraction of sp³-hybridized carbons (Fsp3) is 0.632. The quantitative estimate of drug-likeness (QED) is 0.904. The molecule has 0 spiro atoms. The number of hydrogen-bond donors (Lipinski definition) is 1. The molecule has 1 amide bonds. The van der Waals surface area contributed by atoms with Gasteiger partial charge in [0.2, 0.25) is 5.91 Å². The number of nitrogens with zero attached hydrogens (tertiary/aromatic N) is 1. The molecule has 122 valence electrons. The fourth-order valence-corrected chi connectivity index (χ4v) is 3.35. The van der Waals surface area contributed by atoms with Crippen molar-refractivity contribution in [2.45, 2.75) is 64.8 Å². The Labute approximate surface area is 135 Å². The Morgan fingerprint density at radius 3 is 2.68 bits per heavy atom. The molecule has 0 bridgehead atoms. The Bertz CT molecular complexity index is 504. The van der Waals surface area contributed by atoms with Crippen molar-refractivity contribution < 1.29 is 4.79 Å². The van der Waals surface area contributed by atoms with Crippen LogP contribution in [0.5, 0.6) is 0 Å². The van der Waals surface area contributed by atoms with Crippen molar-refractivity contribution in [3.63, 3.8) is 0 Å². The maximum Gasteiger partial charge on any atom is 0.238 e. The van der Waals surface area contributed by atoms with Crippen molar-refractivity contribution >= 4 is 11.6 Å². The second-order valence-electron chi connectivity index (χ2n) is 7.37. The Morgan fingerprint density at radius 1 is 1.27 bits per heavy atom. The third-order valence-electron chi connectivity index (χ3n) is 4.58. The molecule has 1 atom stereocenters. The first kappa shape index (κ1) is 17.0. The summed E-state index contributed by atoms with van der Waals surface area (Å²) in [5, 5.41) is 3.13. The summed E-state index contributed by atoms with van der Waals surface area (Å²) in [5.74, 6) is 0.108. The summed E-state index contributed by atoms with van der Waals surface area (Å²) in [6, 6.07) is 8.70. The summed E-state index contributed by atoms with van der Waals surface area (Å²) in [6.07, 6.45) is 4.86. The molecule has 1 aliphatic heterocycles. The van der Waals surface area contributed by atoms with Crippen molar-refractivity contribution in [1.29, 1.82) is 0 Å². The number of para-hydroxylation sites is 1. The van der Waals surface area contributed by atoms with Gasteiger partial charge in [-0.3, -0.25) is 9.69 Å². The van der Waals surface area contributed by atoms with E-state index >= 15 is 0 Å². The van der Waals surface area contributed by atoms with Crippen LogP contribution in [0.25, 0.3) is 0 Å². The molecule has 0 saturated carbocycles. The Kier molecular flexibility index (Phi) is 5.63. The summed E-state index contributed by atoms with van der Waals surface area (Å²) in [7, 11) is 0. The lowest BCUT2D eigenvalue weighted by Crippen LogP contribution is -2.43. The van der Waals surface area contributed by atoms with Crippen molar-refractivity contribution in [2.24, 2.45) is 0 Å². The first-order chi connectivity index (χ1) is 10.4. The molecule has 1 aliphatic rings. The van der Waals surface area contributed by atoms with Gasteiger partial charge in [-0.1, -0.05) is 52.3 Å². The molecular weight excluding hydrogens is 272 g/mol. The van der Waals surface area contributed by atoms with E-state index in [0.717, 1.165) is 18.7 Å². The summed E-state index contributed by atoms with van der Waals surface area (Å²) in [6.45, 7) is 10.3. The molecule has 2 rings (SSSR count). The SMILES string of the molecule is CCC1CCCCN1CC(=O)Nc1ccccc1C(C)(C)C. The number of piperidine rings is 1. The maximum atomic E-state index is 12.5. The van der Waals surface area contributed by atoms with E-state index < -0.39 is 0 Å². The average molecular weight is 302 g/mol. The highest BCUT2D eigenvalue weighted by molar-refractivity contribution is 5.93. The number of benzene rings is 1. The highest BCUT2D eigenvalue weighted by Crippen LogP contribution is 2.29. The van der Waals surface area contributed by atoms with Crippen LogP contribution in [-0.4, -0.2) is 29.9 Å². The molecule has 1 N–H and O–H groups in total. The molecule has 1 unspecified atom stereocenters. The van der Waals surface area contributed by atoms with Gasteiger partial charge < -0.3 is 5.32 Å². The Hall–Kier alpha value is -1.35. The second-order valence-corrected chi connectivity index (χ2v) is 7.37. The molecule has 1 saturated heterocycles. The molecule has 22 heavy (non-hydrogen) atoms. The molecule has 0 radical (unpaired) electrons. The number of anilines is 1. The van der Waals surface area contributed by atoms with Gasteiger partial charge in [0.05, 0.1) is 6.54 Å². The van der Waals surface area contributed by atoms with Gasteiger partial charge in [0.25, 0.3) is 0 Å². The molecule has 0 aromatic heterocycles. The first-order valence-corrected chi connectivity index (χ1v) is 8.55. The normalized spacial score (nSPS) is 19.9. The monoisotopic (exact) mass is 302 g/mol. The van der Waals surface area contributed by atoms with E-state index in [4.69, 9.17) is 0 Å². The van der Waals surface area contributed by atoms with Crippen LogP contribution in [0.4, 0.5) is 5.69 Å². The number of likely N-dealkylation sites (tertiary alicyclic amines) is 1. The zero-order valence-electron chi connectivity index (χ0n) is 14.5. The second kappa shape index (κ2) is 7.28. The zero-order valence-corrected chi connectivity index (χ0v) is 14.5. The molecule has 3 nitrogen and oxygen atoms in total. The number of carbonyl (C=O) groups is 1. The lowest BCUT2D eigenvalue weighted by Gasteiger charge is -2.34. The maximum absolute atomic E-state index is 12.5. The van der Waals surface area contributed by atoms with E-state index in [-0.39, 0.29) is 11.3 Å². The van der Waals surface area contributed by atoms with Crippen molar-refractivity contribution in [3.8, 4) is 0 Å². The minimum absolute atomic E-state index is 0.0287. The van der Waals surface area contributed by atoms with Crippen molar-refractivity contribution in [3.05, 3.63) is 29.8 Å². The third-order valence-corrected chi connectivity index (χ3v) is 4.58. The lowest BCUT2D eigenvalue weighted by atomic mass is 9.86.